The second-order valence-corrected chi connectivity index (χ2v) is 4.91. The van der Waals surface area contributed by atoms with Crippen molar-refractivity contribution in [3.63, 3.8) is 0 Å². The summed E-state index contributed by atoms with van der Waals surface area (Å²) in [5, 5.41) is 8.08. The Labute approximate surface area is 106 Å². The van der Waals surface area contributed by atoms with Gasteiger partial charge in [0.25, 0.3) is 0 Å². The summed E-state index contributed by atoms with van der Waals surface area (Å²) in [5.74, 6) is 0.0104. The molecular formula is C12H20N2O2S. The van der Waals surface area contributed by atoms with Crippen LogP contribution in [0.5, 0.6) is 0 Å². The number of hydrogen-bond acceptors (Lipinski definition) is 4. The van der Waals surface area contributed by atoms with Gasteiger partial charge in [-0.2, -0.15) is 0 Å². The van der Waals surface area contributed by atoms with Gasteiger partial charge in [-0.05, 0) is 30.9 Å². The van der Waals surface area contributed by atoms with Gasteiger partial charge in [0.05, 0.1) is 12.6 Å². The highest BCUT2D eigenvalue weighted by Gasteiger charge is 2.11. The quantitative estimate of drug-likeness (QED) is 0.723. The molecule has 1 atom stereocenters. The summed E-state index contributed by atoms with van der Waals surface area (Å²) in [6.45, 7) is 5.78. The molecule has 4 nitrogen and oxygen atoms in total. The minimum atomic E-state index is -0.187. The van der Waals surface area contributed by atoms with Crippen molar-refractivity contribution < 1.29 is 9.53 Å². The van der Waals surface area contributed by atoms with E-state index in [1.165, 1.54) is 10.4 Å². The first-order valence-electron chi connectivity index (χ1n) is 5.68. The highest BCUT2D eigenvalue weighted by molar-refractivity contribution is 7.10. The van der Waals surface area contributed by atoms with Gasteiger partial charge in [-0.15, -0.1) is 11.3 Å². The Morgan fingerprint density at radius 3 is 2.94 bits per heavy atom. The highest BCUT2D eigenvalue weighted by Crippen LogP contribution is 2.14. The van der Waals surface area contributed by atoms with E-state index in [2.05, 4.69) is 29.0 Å². The molecule has 2 N–H and O–H groups in total. The zero-order valence-electron chi connectivity index (χ0n) is 10.6. The molecule has 0 aliphatic heterocycles. The summed E-state index contributed by atoms with van der Waals surface area (Å²) in [6.07, 6.45) is 0. The topological polar surface area (TPSA) is 50.4 Å². The van der Waals surface area contributed by atoms with Gasteiger partial charge in [0.15, 0.2) is 0 Å². The molecule has 0 aromatic carbocycles. The van der Waals surface area contributed by atoms with E-state index in [1.807, 2.05) is 6.92 Å². The first-order chi connectivity index (χ1) is 8.15. The van der Waals surface area contributed by atoms with Gasteiger partial charge in [-0.25, -0.2) is 0 Å². The molecule has 0 fully saturated rings. The predicted octanol–water partition coefficient (Wildman–Crippen LogP) is 1.30. The smallest absolute Gasteiger partial charge is 0.236 e. The summed E-state index contributed by atoms with van der Waals surface area (Å²) in [6, 6.07) is 1.90. The standard InChI is InChI=1S/C12H20N2O2S/c1-9-4-7-17-11(9)8-14-10(2)12(15)13-5-6-16-3/h4,7,10,14H,5-6,8H2,1-3H3,(H,13,15). The molecule has 0 aliphatic carbocycles. The van der Waals surface area contributed by atoms with Crippen molar-refractivity contribution in [3.05, 3.63) is 21.9 Å². The van der Waals surface area contributed by atoms with Crippen LogP contribution in [0.4, 0.5) is 0 Å². The van der Waals surface area contributed by atoms with Crippen molar-refractivity contribution in [2.75, 3.05) is 20.3 Å². The third-order valence-corrected chi connectivity index (χ3v) is 3.56. The van der Waals surface area contributed by atoms with E-state index in [0.29, 0.717) is 13.2 Å². The van der Waals surface area contributed by atoms with Crippen molar-refractivity contribution in [1.29, 1.82) is 0 Å². The number of carbonyl (C=O) groups is 1. The molecular weight excluding hydrogens is 236 g/mol. The van der Waals surface area contributed by atoms with Crippen LogP contribution >= 0.6 is 11.3 Å². The van der Waals surface area contributed by atoms with Gasteiger partial charge in [0.1, 0.15) is 0 Å². The van der Waals surface area contributed by atoms with E-state index in [4.69, 9.17) is 4.74 Å². The first-order valence-corrected chi connectivity index (χ1v) is 6.56. The molecule has 17 heavy (non-hydrogen) atoms. The van der Waals surface area contributed by atoms with E-state index >= 15 is 0 Å². The van der Waals surface area contributed by atoms with Crippen molar-refractivity contribution in [1.82, 2.24) is 10.6 Å². The van der Waals surface area contributed by atoms with Crippen LogP contribution in [0.25, 0.3) is 0 Å². The molecule has 1 unspecified atom stereocenters. The molecule has 1 aromatic rings. The Hall–Kier alpha value is -0.910. The fourth-order valence-corrected chi connectivity index (χ4v) is 2.21. The zero-order chi connectivity index (χ0) is 12.7. The van der Waals surface area contributed by atoms with E-state index in [0.717, 1.165) is 6.54 Å². The fourth-order valence-electron chi connectivity index (χ4n) is 1.35. The van der Waals surface area contributed by atoms with Crippen molar-refractivity contribution in [3.8, 4) is 0 Å². The molecule has 96 valence electrons. The number of amides is 1. The molecule has 1 heterocycles. The van der Waals surface area contributed by atoms with Gasteiger partial charge in [-0.3, -0.25) is 4.79 Å². The summed E-state index contributed by atoms with van der Waals surface area (Å²) in [5.41, 5.74) is 1.27. The molecule has 0 bridgehead atoms. The number of hydrogen-bond donors (Lipinski definition) is 2. The summed E-state index contributed by atoms with van der Waals surface area (Å²) >= 11 is 1.71. The maximum absolute atomic E-state index is 11.6. The monoisotopic (exact) mass is 256 g/mol. The highest BCUT2D eigenvalue weighted by atomic mass is 32.1. The van der Waals surface area contributed by atoms with Crippen LogP contribution in [0.2, 0.25) is 0 Å². The molecule has 0 spiro atoms. The normalized spacial score (nSPS) is 12.4. The number of aryl methyl sites for hydroxylation is 1. The molecule has 0 aliphatic rings. The van der Waals surface area contributed by atoms with Gasteiger partial charge < -0.3 is 15.4 Å². The SMILES string of the molecule is COCCNC(=O)C(C)NCc1sccc1C. The van der Waals surface area contributed by atoms with Gasteiger partial charge >= 0.3 is 0 Å². The average Bonchev–Trinajstić information content (AvgIpc) is 2.72. The molecule has 1 aromatic heterocycles. The number of nitrogens with one attached hydrogen (secondary N) is 2. The zero-order valence-corrected chi connectivity index (χ0v) is 11.4. The van der Waals surface area contributed by atoms with Crippen LogP contribution in [0, 0.1) is 6.92 Å². The second kappa shape index (κ2) is 7.42. The summed E-state index contributed by atoms with van der Waals surface area (Å²) < 4.78 is 4.87. The predicted molar refractivity (Wildman–Crippen MR) is 70.2 cm³/mol. The van der Waals surface area contributed by atoms with Gasteiger partial charge in [-0.1, -0.05) is 0 Å². The number of ether oxygens (including phenoxy) is 1. The Kier molecular flexibility index (Phi) is 6.18. The number of methoxy groups -OCH3 is 1. The maximum atomic E-state index is 11.6. The lowest BCUT2D eigenvalue weighted by Gasteiger charge is -2.13. The molecule has 1 rings (SSSR count). The van der Waals surface area contributed by atoms with Crippen LogP contribution < -0.4 is 10.6 Å². The minimum Gasteiger partial charge on any atom is -0.383 e. The van der Waals surface area contributed by atoms with Gasteiger partial charge in [0.2, 0.25) is 5.91 Å². The summed E-state index contributed by atoms with van der Waals surface area (Å²) in [7, 11) is 1.62. The van der Waals surface area contributed by atoms with Gasteiger partial charge in [0, 0.05) is 25.1 Å². The van der Waals surface area contributed by atoms with Crippen LogP contribution in [-0.4, -0.2) is 32.2 Å². The van der Waals surface area contributed by atoms with E-state index in [1.54, 1.807) is 18.4 Å². The number of thiophene rings is 1. The summed E-state index contributed by atoms with van der Waals surface area (Å²) in [4.78, 5) is 12.9. The van der Waals surface area contributed by atoms with Crippen LogP contribution in [0.3, 0.4) is 0 Å². The lowest BCUT2D eigenvalue weighted by Crippen LogP contribution is -2.42. The second-order valence-electron chi connectivity index (χ2n) is 3.91. The Morgan fingerprint density at radius 2 is 2.35 bits per heavy atom. The van der Waals surface area contributed by atoms with E-state index in [-0.39, 0.29) is 11.9 Å². The number of rotatable bonds is 7. The molecule has 1 amide bonds. The number of carbonyl (C=O) groups excluding carboxylic acids is 1. The van der Waals surface area contributed by atoms with E-state index < -0.39 is 0 Å². The lowest BCUT2D eigenvalue weighted by atomic mass is 10.2. The van der Waals surface area contributed by atoms with Crippen LogP contribution in [0.15, 0.2) is 11.4 Å². The van der Waals surface area contributed by atoms with Crippen molar-refractivity contribution in [2.45, 2.75) is 26.4 Å². The molecule has 0 saturated heterocycles. The maximum Gasteiger partial charge on any atom is 0.236 e. The third kappa shape index (κ3) is 4.85. The van der Waals surface area contributed by atoms with Crippen LogP contribution in [-0.2, 0) is 16.1 Å². The Bertz CT molecular complexity index is 352. The third-order valence-electron chi connectivity index (χ3n) is 2.54. The Morgan fingerprint density at radius 1 is 1.59 bits per heavy atom. The first kappa shape index (κ1) is 14.2. The Balaban J connectivity index is 2.27. The average molecular weight is 256 g/mol. The fraction of sp³-hybridized carbons (Fsp3) is 0.583. The lowest BCUT2D eigenvalue weighted by molar-refractivity contribution is -0.122. The van der Waals surface area contributed by atoms with Crippen molar-refractivity contribution >= 4 is 17.2 Å². The van der Waals surface area contributed by atoms with Crippen molar-refractivity contribution in [2.24, 2.45) is 0 Å². The van der Waals surface area contributed by atoms with Crippen LogP contribution in [0.1, 0.15) is 17.4 Å². The molecule has 0 saturated carbocycles. The largest absolute Gasteiger partial charge is 0.383 e. The molecule has 0 radical (unpaired) electrons. The minimum absolute atomic E-state index is 0.0104. The van der Waals surface area contributed by atoms with E-state index in [9.17, 15) is 4.79 Å². The molecule has 5 heteroatoms.